The van der Waals surface area contributed by atoms with E-state index in [-0.39, 0.29) is 0 Å². The predicted molar refractivity (Wildman–Crippen MR) is 79.9 cm³/mol. The third-order valence-electron chi connectivity index (χ3n) is 3.05. The lowest BCUT2D eigenvalue weighted by atomic mass is 10.2. The van der Waals surface area contributed by atoms with Crippen LogP contribution in [0.4, 0.5) is 11.8 Å². The van der Waals surface area contributed by atoms with Crippen LogP contribution in [0.5, 0.6) is 0 Å². The van der Waals surface area contributed by atoms with Crippen LogP contribution in [0.3, 0.4) is 0 Å². The van der Waals surface area contributed by atoms with Gasteiger partial charge in [0.25, 0.3) is 0 Å². The van der Waals surface area contributed by atoms with Crippen molar-refractivity contribution in [2.24, 2.45) is 0 Å². The minimum absolute atomic E-state index is 0.595. The van der Waals surface area contributed by atoms with Crippen molar-refractivity contribution in [3.8, 4) is 0 Å². The second kappa shape index (κ2) is 5.21. The maximum Gasteiger partial charge on any atom is 0.224 e. The molecule has 0 saturated heterocycles. The monoisotopic (exact) mass is 268 g/mol. The lowest BCUT2D eigenvalue weighted by Gasteiger charge is -2.09. The lowest BCUT2D eigenvalue weighted by Crippen LogP contribution is -2.05. The minimum atomic E-state index is 0.595. The molecule has 0 unspecified atom stereocenters. The van der Waals surface area contributed by atoms with E-state index < -0.39 is 0 Å². The summed E-state index contributed by atoms with van der Waals surface area (Å²) in [5.74, 6) is 3.19. The smallest absolute Gasteiger partial charge is 0.224 e. The Morgan fingerprint density at radius 3 is 2.70 bits per heavy atom. The molecule has 0 bridgehead atoms. The maximum absolute atomic E-state index is 5.55. The van der Waals surface area contributed by atoms with Crippen LogP contribution in [0.15, 0.2) is 40.8 Å². The molecule has 1 aromatic carbocycles. The number of nitrogens with one attached hydrogen (secondary N) is 2. The van der Waals surface area contributed by atoms with Gasteiger partial charge in [-0.05, 0) is 31.2 Å². The Labute approximate surface area is 117 Å². The number of nitrogens with zero attached hydrogens (tertiary/aromatic N) is 2. The zero-order valence-electron chi connectivity index (χ0n) is 11.5. The van der Waals surface area contributed by atoms with Crippen molar-refractivity contribution in [2.75, 3.05) is 17.7 Å². The molecule has 5 nitrogen and oxygen atoms in total. The molecule has 0 radical (unpaired) electrons. The van der Waals surface area contributed by atoms with E-state index >= 15 is 0 Å². The van der Waals surface area contributed by atoms with E-state index in [4.69, 9.17) is 4.42 Å². The lowest BCUT2D eigenvalue weighted by molar-refractivity contribution is 0.490. The summed E-state index contributed by atoms with van der Waals surface area (Å²) in [6.45, 7) is 2.53. The van der Waals surface area contributed by atoms with E-state index in [9.17, 15) is 0 Å². The average Bonchev–Trinajstić information content (AvgIpc) is 2.90. The molecule has 2 heterocycles. The molecule has 2 N–H and O–H groups in total. The van der Waals surface area contributed by atoms with Crippen molar-refractivity contribution >= 4 is 22.7 Å². The highest BCUT2D eigenvalue weighted by Gasteiger charge is 2.07. The molecule has 0 aliphatic rings. The van der Waals surface area contributed by atoms with Gasteiger partial charge >= 0.3 is 0 Å². The quantitative estimate of drug-likeness (QED) is 0.761. The van der Waals surface area contributed by atoms with E-state index in [1.807, 2.05) is 50.4 Å². The average molecular weight is 268 g/mol. The Morgan fingerprint density at radius 2 is 1.95 bits per heavy atom. The summed E-state index contributed by atoms with van der Waals surface area (Å²) in [6, 6.07) is 11.8. The van der Waals surface area contributed by atoms with Crippen LogP contribution in [0.2, 0.25) is 0 Å². The molecule has 5 heteroatoms. The molecule has 20 heavy (non-hydrogen) atoms. The molecule has 102 valence electrons. The Bertz CT molecular complexity index is 736. The van der Waals surface area contributed by atoms with Crippen molar-refractivity contribution in [2.45, 2.75) is 13.5 Å². The van der Waals surface area contributed by atoms with Gasteiger partial charge in [-0.3, -0.25) is 0 Å². The fourth-order valence-corrected chi connectivity index (χ4v) is 2.07. The zero-order chi connectivity index (χ0) is 13.9. The van der Waals surface area contributed by atoms with Crippen LogP contribution in [0, 0.1) is 6.92 Å². The number of furan rings is 1. The molecule has 0 aliphatic carbocycles. The van der Waals surface area contributed by atoms with Gasteiger partial charge in [-0.15, -0.1) is 0 Å². The molecule has 2 aromatic heterocycles. The standard InChI is InChI=1S/C15H16N4O/c1-10-7-8-11(20-10)9-17-14-12-5-3-4-6-13(12)18-15(16-2)19-14/h3-8H,9H2,1-2H3,(H2,16,17,18,19). The molecule has 0 saturated carbocycles. The summed E-state index contributed by atoms with van der Waals surface area (Å²) in [5, 5.41) is 7.28. The highest BCUT2D eigenvalue weighted by atomic mass is 16.3. The van der Waals surface area contributed by atoms with Gasteiger partial charge in [-0.25, -0.2) is 4.98 Å². The van der Waals surface area contributed by atoms with Crippen molar-refractivity contribution in [1.82, 2.24) is 9.97 Å². The number of anilines is 2. The van der Waals surface area contributed by atoms with E-state index in [0.29, 0.717) is 12.5 Å². The molecular weight excluding hydrogens is 252 g/mol. The van der Waals surface area contributed by atoms with Crippen LogP contribution >= 0.6 is 0 Å². The predicted octanol–water partition coefficient (Wildman–Crippen LogP) is 3.19. The second-order valence-electron chi connectivity index (χ2n) is 4.53. The van der Waals surface area contributed by atoms with Gasteiger partial charge in [0.15, 0.2) is 0 Å². The number of benzene rings is 1. The van der Waals surface area contributed by atoms with Crippen LogP contribution < -0.4 is 10.6 Å². The van der Waals surface area contributed by atoms with Gasteiger partial charge in [-0.1, -0.05) is 12.1 Å². The van der Waals surface area contributed by atoms with Crippen molar-refractivity contribution < 1.29 is 4.42 Å². The van der Waals surface area contributed by atoms with Gasteiger partial charge in [0, 0.05) is 12.4 Å². The fraction of sp³-hybridized carbons (Fsp3) is 0.200. The van der Waals surface area contributed by atoms with Crippen LogP contribution in [0.1, 0.15) is 11.5 Å². The molecule has 0 fully saturated rings. The molecule has 0 spiro atoms. The van der Waals surface area contributed by atoms with Crippen LogP contribution in [-0.4, -0.2) is 17.0 Å². The van der Waals surface area contributed by atoms with Crippen molar-refractivity contribution in [3.05, 3.63) is 47.9 Å². The molecule has 0 atom stereocenters. The van der Waals surface area contributed by atoms with E-state index in [0.717, 1.165) is 28.2 Å². The number of rotatable bonds is 4. The number of aryl methyl sites for hydroxylation is 1. The highest BCUT2D eigenvalue weighted by molar-refractivity contribution is 5.89. The van der Waals surface area contributed by atoms with E-state index in [2.05, 4.69) is 20.6 Å². The summed E-state index contributed by atoms with van der Waals surface area (Å²) in [5.41, 5.74) is 0.907. The third kappa shape index (κ3) is 2.42. The Balaban J connectivity index is 1.93. The van der Waals surface area contributed by atoms with Gasteiger partial charge in [-0.2, -0.15) is 4.98 Å². The number of para-hydroxylation sites is 1. The molecule has 0 amide bonds. The van der Waals surface area contributed by atoms with Gasteiger partial charge in [0.2, 0.25) is 5.95 Å². The molecule has 0 aliphatic heterocycles. The van der Waals surface area contributed by atoms with Crippen molar-refractivity contribution in [1.29, 1.82) is 0 Å². The number of hydrogen-bond acceptors (Lipinski definition) is 5. The SMILES string of the molecule is CNc1nc(NCc2ccc(C)o2)c2ccccc2n1. The van der Waals surface area contributed by atoms with Crippen molar-refractivity contribution in [3.63, 3.8) is 0 Å². The summed E-state index contributed by atoms with van der Waals surface area (Å²) in [6.07, 6.45) is 0. The third-order valence-corrected chi connectivity index (χ3v) is 3.05. The van der Waals surface area contributed by atoms with Gasteiger partial charge in [0.1, 0.15) is 17.3 Å². The highest BCUT2D eigenvalue weighted by Crippen LogP contribution is 2.22. The summed E-state index contributed by atoms with van der Waals surface area (Å²) >= 11 is 0. The maximum atomic E-state index is 5.55. The summed E-state index contributed by atoms with van der Waals surface area (Å²) in [7, 11) is 1.81. The summed E-state index contributed by atoms with van der Waals surface area (Å²) < 4.78 is 5.55. The Kier molecular flexibility index (Phi) is 3.25. The first kappa shape index (κ1) is 12.5. The first-order chi connectivity index (χ1) is 9.76. The zero-order valence-corrected chi connectivity index (χ0v) is 11.5. The molecule has 3 aromatic rings. The number of aromatic nitrogens is 2. The summed E-state index contributed by atoms with van der Waals surface area (Å²) in [4.78, 5) is 8.89. The van der Waals surface area contributed by atoms with Crippen LogP contribution in [-0.2, 0) is 6.54 Å². The van der Waals surface area contributed by atoms with E-state index in [1.165, 1.54) is 0 Å². The Morgan fingerprint density at radius 1 is 1.10 bits per heavy atom. The number of fused-ring (bicyclic) bond motifs is 1. The molecular formula is C15H16N4O. The van der Waals surface area contributed by atoms with Gasteiger partial charge < -0.3 is 15.1 Å². The normalized spacial score (nSPS) is 10.7. The number of hydrogen-bond donors (Lipinski definition) is 2. The largest absolute Gasteiger partial charge is 0.465 e. The van der Waals surface area contributed by atoms with Gasteiger partial charge in [0.05, 0.1) is 12.1 Å². The fourth-order valence-electron chi connectivity index (χ4n) is 2.07. The first-order valence-electron chi connectivity index (χ1n) is 6.50. The first-order valence-corrected chi connectivity index (χ1v) is 6.50. The topological polar surface area (TPSA) is 63.0 Å². The van der Waals surface area contributed by atoms with E-state index in [1.54, 1.807) is 0 Å². The Hall–Kier alpha value is -2.56. The minimum Gasteiger partial charge on any atom is -0.465 e. The van der Waals surface area contributed by atoms with Crippen LogP contribution in [0.25, 0.3) is 10.9 Å². The molecule has 3 rings (SSSR count). The second-order valence-corrected chi connectivity index (χ2v) is 4.53.